The van der Waals surface area contributed by atoms with Crippen LogP contribution in [0.25, 0.3) is 0 Å². The summed E-state index contributed by atoms with van der Waals surface area (Å²) >= 11 is 8.89. The Hall–Kier alpha value is 0.620. The van der Waals surface area contributed by atoms with Crippen LogP contribution in [0.3, 0.4) is 0 Å². The summed E-state index contributed by atoms with van der Waals surface area (Å²) in [6.45, 7) is 6.80. The zero-order valence-electron chi connectivity index (χ0n) is 10.6. The van der Waals surface area contributed by atoms with E-state index < -0.39 is 0 Å². The predicted octanol–water partition coefficient (Wildman–Crippen LogP) is 5.23. The Morgan fingerprint density at radius 3 is 2.59 bits per heavy atom. The molecule has 0 bridgehead atoms. The minimum Gasteiger partial charge on any atom is -0.316 e. The largest absolute Gasteiger partial charge is 0.316 e. The highest BCUT2D eigenvalue weighted by Gasteiger charge is 2.04. The van der Waals surface area contributed by atoms with Gasteiger partial charge in [-0.3, -0.25) is 0 Å². The third-order valence-electron chi connectivity index (χ3n) is 2.58. The smallest absolute Gasteiger partial charge is 0.0742 e. The SMILES string of the molecule is CC(C)CNCCCCCc1cc(Br)sc1Br. The van der Waals surface area contributed by atoms with E-state index in [2.05, 4.69) is 57.1 Å². The molecule has 0 radical (unpaired) electrons. The van der Waals surface area contributed by atoms with Gasteiger partial charge in [0.15, 0.2) is 0 Å². The summed E-state index contributed by atoms with van der Waals surface area (Å²) in [5.74, 6) is 0.758. The maximum Gasteiger partial charge on any atom is 0.0742 e. The molecule has 1 aromatic rings. The van der Waals surface area contributed by atoms with Crippen LogP contribution in [0.4, 0.5) is 0 Å². The van der Waals surface area contributed by atoms with Crippen LogP contribution in [0.2, 0.25) is 0 Å². The number of halogens is 2. The fourth-order valence-corrected chi connectivity index (χ4v) is 4.59. The molecule has 0 saturated heterocycles. The van der Waals surface area contributed by atoms with Crippen molar-refractivity contribution in [2.24, 2.45) is 5.92 Å². The maximum absolute atomic E-state index is 3.60. The Bertz CT molecular complexity index is 323. The molecule has 17 heavy (non-hydrogen) atoms. The first-order chi connectivity index (χ1) is 8.09. The van der Waals surface area contributed by atoms with E-state index in [1.54, 1.807) is 11.3 Å². The van der Waals surface area contributed by atoms with Crippen LogP contribution in [0, 0.1) is 5.92 Å². The molecule has 0 fully saturated rings. The van der Waals surface area contributed by atoms with Crippen LogP contribution in [-0.2, 0) is 6.42 Å². The second-order valence-electron chi connectivity index (χ2n) is 4.76. The van der Waals surface area contributed by atoms with Crippen molar-refractivity contribution in [2.45, 2.75) is 39.5 Å². The summed E-state index contributed by atoms with van der Waals surface area (Å²) in [5, 5.41) is 3.48. The number of hydrogen-bond acceptors (Lipinski definition) is 2. The summed E-state index contributed by atoms with van der Waals surface area (Å²) in [4.78, 5) is 0. The molecule has 0 aliphatic rings. The minimum absolute atomic E-state index is 0.758. The molecule has 1 aromatic heterocycles. The van der Waals surface area contributed by atoms with Crippen molar-refractivity contribution in [1.82, 2.24) is 5.32 Å². The predicted molar refractivity (Wildman–Crippen MR) is 85.0 cm³/mol. The number of unbranched alkanes of at least 4 members (excludes halogenated alkanes) is 2. The monoisotopic (exact) mass is 381 g/mol. The van der Waals surface area contributed by atoms with Crippen molar-refractivity contribution in [3.63, 3.8) is 0 Å². The lowest BCUT2D eigenvalue weighted by molar-refractivity contribution is 0.530. The topological polar surface area (TPSA) is 12.0 Å². The number of thiophene rings is 1. The number of nitrogens with one attached hydrogen (secondary N) is 1. The van der Waals surface area contributed by atoms with E-state index in [0.717, 1.165) is 19.0 Å². The number of hydrogen-bond donors (Lipinski definition) is 1. The van der Waals surface area contributed by atoms with Crippen LogP contribution in [0.15, 0.2) is 13.6 Å². The van der Waals surface area contributed by atoms with Gasteiger partial charge >= 0.3 is 0 Å². The van der Waals surface area contributed by atoms with Gasteiger partial charge in [-0.05, 0) is 81.8 Å². The van der Waals surface area contributed by atoms with E-state index in [4.69, 9.17) is 0 Å². The second kappa shape index (κ2) is 8.68. The first-order valence-corrected chi connectivity index (χ1v) is 8.64. The highest BCUT2D eigenvalue weighted by molar-refractivity contribution is 9.12. The van der Waals surface area contributed by atoms with Gasteiger partial charge in [0.1, 0.15) is 0 Å². The van der Waals surface area contributed by atoms with E-state index in [1.807, 2.05) is 0 Å². The van der Waals surface area contributed by atoms with Crippen LogP contribution in [0.5, 0.6) is 0 Å². The van der Waals surface area contributed by atoms with E-state index in [-0.39, 0.29) is 0 Å². The van der Waals surface area contributed by atoms with Crippen LogP contribution in [0.1, 0.15) is 38.7 Å². The maximum atomic E-state index is 3.60. The van der Waals surface area contributed by atoms with E-state index >= 15 is 0 Å². The van der Waals surface area contributed by atoms with E-state index in [1.165, 1.54) is 38.8 Å². The normalized spacial score (nSPS) is 11.4. The molecular weight excluding hydrogens is 362 g/mol. The lowest BCUT2D eigenvalue weighted by atomic mass is 10.1. The summed E-state index contributed by atoms with van der Waals surface area (Å²) < 4.78 is 2.50. The molecule has 0 saturated carbocycles. The van der Waals surface area contributed by atoms with Gasteiger partial charge in [-0.15, -0.1) is 11.3 Å². The fraction of sp³-hybridized carbons (Fsp3) is 0.692. The summed E-state index contributed by atoms with van der Waals surface area (Å²) in [5.41, 5.74) is 1.44. The Balaban J connectivity index is 2.03. The van der Waals surface area contributed by atoms with Gasteiger partial charge < -0.3 is 5.32 Å². The molecule has 0 unspecified atom stereocenters. The molecule has 0 amide bonds. The van der Waals surface area contributed by atoms with Crippen molar-refractivity contribution < 1.29 is 0 Å². The highest BCUT2D eigenvalue weighted by atomic mass is 79.9. The number of aryl methyl sites for hydroxylation is 1. The standard InChI is InChI=1S/C13H21Br2NS/c1-10(2)9-16-7-5-3-4-6-11-8-12(14)17-13(11)15/h8,10,16H,3-7,9H2,1-2H3. The molecule has 0 atom stereocenters. The van der Waals surface area contributed by atoms with Crippen molar-refractivity contribution in [3.8, 4) is 0 Å². The molecule has 0 spiro atoms. The quantitative estimate of drug-likeness (QED) is 0.606. The molecule has 4 heteroatoms. The molecule has 1 N–H and O–H groups in total. The lowest BCUT2D eigenvalue weighted by Crippen LogP contribution is -2.20. The van der Waals surface area contributed by atoms with Crippen LogP contribution >= 0.6 is 43.2 Å². The van der Waals surface area contributed by atoms with Gasteiger partial charge in [-0.1, -0.05) is 20.3 Å². The minimum atomic E-state index is 0.758. The van der Waals surface area contributed by atoms with E-state index in [9.17, 15) is 0 Å². The van der Waals surface area contributed by atoms with Gasteiger partial charge in [-0.2, -0.15) is 0 Å². The molecule has 0 aliphatic carbocycles. The van der Waals surface area contributed by atoms with Crippen LogP contribution in [-0.4, -0.2) is 13.1 Å². The van der Waals surface area contributed by atoms with Crippen molar-refractivity contribution in [3.05, 3.63) is 19.2 Å². The van der Waals surface area contributed by atoms with Gasteiger partial charge in [0.05, 0.1) is 7.57 Å². The average molecular weight is 383 g/mol. The summed E-state index contributed by atoms with van der Waals surface area (Å²) in [7, 11) is 0. The fourth-order valence-electron chi connectivity index (χ4n) is 1.68. The average Bonchev–Trinajstić information content (AvgIpc) is 2.55. The molecule has 0 aliphatic heterocycles. The molecular formula is C13H21Br2NS. The Morgan fingerprint density at radius 1 is 1.24 bits per heavy atom. The van der Waals surface area contributed by atoms with Gasteiger partial charge in [0.25, 0.3) is 0 Å². The van der Waals surface area contributed by atoms with Crippen LogP contribution < -0.4 is 5.32 Å². The molecule has 1 heterocycles. The third-order valence-corrected chi connectivity index (χ3v) is 5.04. The van der Waals surface area contributed by atoms with Crippen molar-refractivity contribution in [2.75, 3.05) is 13.1 Å². The Labute approximate surface area is 126 Å². The first kappa shape index (κ1) is 15.7. The Morgan fingerprint density at radius 2 is 2.00 bits per heavy atom. The van der Waals surface area contributed by atoms with Gasteiger partial charge in [0.2, 0.25) is 0 Å². The van der Waals surface area contributed by atoms with Crippen molar-refractivity contribution in [1.29, 1.82) is 0 Å². The molecule has 1 rings (SSSR count). The second-order valence-corrected chi connectivity index (χ2v) is 8.51. The van der Waals surface area contributed by atoms with Crippen molar-refractivity contribution >= 4 is 43.2 Å². The van der Waals surface area contributed by atoms with Gasteiger partial charge in [-0.25, -0.2) is 0 Å². The Kier molecular flexibility index (Phi) is 8.00. The molecule has 98 valence electrons. The third kappa shape index (κ3) is 6.94. The summed E-state index contributed by atoms with van der Waals surface area (Å²) in [6, 6.07) is 2.23. The summed E-state index contributed by atoms with van der Waals surface area (Å²) in [6.07, 6.45) is 5.07. The lowest BCUT2D eigenvalue weighted by Gasteiger charge is -2.06. The van der Waals surface area contributed by atoms with Gasteiger partial charge in [0, 0.05) is 0 Å². The zero-order chi connectivity index (χ0) is 12.7. The number of rotatable bonds is 8. The zero-order valence-corrected chi connectivity index (χ0v) is 14.6. The molecule has 1 nitrogen and oxygen atoms in total. The van der Waals surface area contributed by atoms with E-state index in [0.29, 0.717) is 0 Å². The highest BCUT2D eigenvalue weighted by Crippen LogP contribution is 2.32. The first-order valence-electron chi connectivity index (χ1n) is 6.24. The molecule has 0 aromatic carbocycles.